The zero-order valence-electron chi connectivity index (χ0n) is 15.3. The molecule has 1 heterocycles. The van der Waals surface area contributed by atoms with Crippen molar-refractivity contribution in [3.63, 3.8) is 0 Å². The van der Waals surface area contributed by atoms with Gasteiger partial charge in [0, 0.05) is 18.3 Å². The first-order chi connectivity index (χ1) is 13.0. The number of benzene rings is 2. The largest absolute Gasteiger partial charge is 0.350 e. The number of hydrogen-bond acceptors (Lipinski definition) is 4. The third-order valence-corrected chi connectivity index (χ3v) is 4.01. The number of carbonyl (C=O) groups is 1. The number of halogens is 1. The number of carbonyl (C=O) groups excluding carboxylic acids is 1. The Bertz CT molecular complexity index is 924. The van der Waals surface area contributed by atoms with Gasteiger partial charge in [0.15, 0.2) is 0 Å². The van der Waals surface area contributed by atoms with Gasteiger partial charge in [-0.05, 0) is 50.1 Å². The molecule has 0 bridgehead atoms. The van der Waals surface area contributed by atoms with Gasteiger partial charge in [0.2, 0.25) is 0 Å². The van der Waals surface area contributed by atoms with Crippen molar-refractivity contribution in [2.45, 2.75) is 20.3 Å². The van der Waals surface area contributed by atoms with E-state index < -0.39 is 0 Å². The van der Waals surface area contributed by atoms with Gasteiger partial charge in [-0.15, -0.1) is 0 Å². The second-order valence-electron chi connectivity index (χ2n) is 6.31. The van der Waals surface area contributed by atoms with Crippen LogP contribution < -0.4 is 10.6 Å². The predicted molar refractivity (Wildman–Crippen MR) is 104 cm³/mol. The second kappa shape index (κ2) is 8.40. The summed E-state index contributed by atoms with van der Waals surface area (Å²) in [6, 6.07) is 15.8. The first kappa shape index (κ1) is 18.5. The minimum Gasteiger partial charge on any atom is -0.350 e. The Hall–Kier alpha value is -3.28. The number of hydrogen-bond donors (Lipinski definition) is 2. The monoisotopic (exact) mass is 364 g/mol. The molecular formula is C21H21FN4O. The minimum atomic E-state index is -0.271. The summed E-state index contributed by atoms with van der Waals surface area (Å²) in [5.74, 6) is 0.535. The van der Waals surface area contributed by atoms with Crippen LogP contribution >= 0.6 is 0 Å². The summed E-state index contributed by atoms with van der Waals surface area (Å²) in [4.78, 5) is 20.9. The highest BCUT2D eigenvalue weighted by molar-refractivity contribution is 5.93. The lowest BCUT2D eigenvalue weighted by molar-refractivity contribution is 0.0949. The van der Waals surface area contributed by atoms with Gasteiger partial charge in [-0.25, -0.2) is 14.4 Å². The predicted octanol–water partition coefficient (Wildman–Crippen LogP) is 3.95. The maximum Gasteiger partial charge on any atom is 0.270 e. The Morgan fingerprint density at radius 1 is 1.00 bits per heavy atom. The van der Waals surface area contributed by atoms with Crippen molar-refractivity contribution in [1.82, 2.24) is 15.3 Å². The maximum atomic E-state index is 12.9. The Labute approximate surface area is 157 Å². The molecule has 0 aliphatic rings. The molecule has 1 amide bonds. The molecule has 0 saturated heterocycles. The minimum absolute atomic E-state index is 0.269. The van der Waals surface area contributed by atoms with E-state index in [1.54, 1.807) is 25.1 Å². The topological polar surface area (TPSA) is 66.9 Å². The molecule has 0 atom stereocenters. The number of anilines is 2. The van der Waals surface area contributed by atoms with Crippen LogP contribution in [0.4, 0.5) is 15.9 Å². The van der Waals surface area contributed by atoms with E-state index in [4.69, 9.17) is 0 Å². The first-order valence-corrected chi connectivity index (χ1v) is 8.71. The van der Waals surface area contributed by atoms with Crippen LogP contribution in [0.5, 0.6) is 0 Å². The first-order valence-electron chi connectivity index (χ1n) is 8.71. The van der Waals surface area contributed by atoms with Crippen LogP contribution in [0, 0.1) is 19.7 Å². The van der Waals surface area contributed by atoms with E-state index >= 15 is 0 Å². The molecule has 0 aliphatic carbocycles. The molecule has 0 aliphatic heterocycles. The molecule has 0 unspecified atom stereocenters. The normalized spacial score (nSPS) is 10.5. The Kier molecular flexibility index (Phi) is 5.76. The molecule has 2 N–H and O–H groups in total. The molecule has 1 aromatic heterocycles. The summed E-state index contributed by atoms with van der Waals surface area (Å²) in [5, 5.41) is 6.02. The fraction of sp³-hybridized carbons (Fsp3) is 0.190. The second-order valence-corrected chi connectivity index (χ2v) is 6.31. The SMILES string of the molecule is Cc1ccc(Nc2cc(C(=O)NCCc3ccc(F)cc3)nc(C)n2)cc1. The Balaban J connectivity index is 1.63. The van der Waals surface area contributed by atoms with Gasteiger partial charge < -0.3 is 10.6 Å². The van der Waals surface area contributed by atoms with E-state index in [2.05, 4.69) is 20.6 Å². The lowest BCUT2D eigenvalue weighted by atomic mass is 10.1. The third kappa shape index (κ3) is 5.34. The van der Waals surface area contributed by atoms with E-state index in [9.17, 15) is 9.18 Å². The molecule has 3 aromatic rings. The number of aryl methyl sites for hydroxylation is 2. The number of amides is 1. The summed E-state index contributed by atoms with van der Waals surface area (Å²) >= 11 is 0. The van der Waals surface area contributed by atoms with E-state index in [-0.39, 0.29) is 11.7 Å². The van der Waals surface area contributed by atoms with E-state index in [1.807, 2.05) is 31.2 Å². The molecule has 0 fully saturated rings. The quantitative estimate of drug-likeness (QED) is 0.695. The highest BCUT2D eigenvalue weighted by Gasteiger charge is 2.10. The van der Waals surface area contributed by atoms with Crippen LogP contribution in [-0.4, -0.2) is 22.4 Å². The molecule has 2 aromatic carbocycles. The molecule has 6 heteroatoms. The highest BCUT2D eigenvalue weighted by Crippen LogP contribution is 2.16. The van der Waals surface area contributed by atoms with E-state index in [1.165, 1.54) is 17.7 Å². The van der Waals surface area contributed by atoms with Crippen molar-refractivity contribution in [3.8, 4) is 0 Å². The average molecular weight is 364 g/mol. The smallest absolute Gasteiger partial charge is 0.270 e. The third-order valence-electron chi connectivity index (χ3n) is 4.01. The molecule has 138 valence electrons. The van der Waals surface area contributed by atoms with Gasteiger partial charge in [-0.2, -0.15) is 0 Å². The van der Waals surface area contributed by atoms with Crippen molar-refractivity contribution in [2.24, 2.45) is 0 Å². The Morgan fingerprint density at radius 2 is 1.70 bits per heavy atom. The van der Waals surface area contributed by atoms with E-state index in [0.29, 0.717) is 30.3 Å². The summed E-state index contributed by atoms with van der Waals surface area (Å²) < 4.78 is 12.9. The maximum absolute atomic E-state index is 12.9. The van der Waals surface area contributed by atoms with Crippen molar-refractivity contribution in [1.29, 1.82) is 0 Å². The molecule has 27 heavy (non-hydrogen) atoms. The number of aromatic nitrogens is 2. The summed E-state index contributed by atoms with van der Waals surface area (Å²) in [6.45, 7) is 4.21. The summed E-state index contributed by atoms with van der Waals surface area (Å²) in [5.41, 5.74) is 3.32. The van der Waals surface area contributed by atoms with Crippen LogP contribution in [0.15, 0.2) is 54.6 Å². The molecular weight excluding hydrogens is 343 g/mol. The molecule has 5 nitrogen and oxygen atoms in total. The standard InChI is InChI=1S/C21H21FN4O/c1-14-3-9-18(10-4-14)26-20-13-19(24-15(2)25-20)21(27)23-12-11-16-5-7-17(22)8-6-16/h3-10,13H,11-12H2,1-2H3,(H,23,27)(H,24,25,26). The van der Waals surface area contributed by atoms with E-state index in [0.717, 1.165) is 11.3 Å². The van der Waals surface area contributed by atoms with Crippen LogP contribution in [-0.2, 0) is 6.42 Å². The molecule has 0 spiro atoms. The fourth-order valence-electron chi connectivity index (χ4n) is 2.59. The van der Waals surface area contributed by atoms with Gasteiger partial charge in [-0.3, -0.25) is 4.79 Å². The summed E-state index contributed by atoms with van der Waals surface area (Å²) in [6.07, 6.45) is 0.616. The van der Waals surface area contributed by atoms with Gasteiger partial charge >= 0.3 is 0 Å². The van der Waals surface area contributed by atoms with Crippen molar-refractivity contribution >= 4 is 17.4 Å². The van der Waals surface area contributed by atoms with Crippen molar-refractivity contribution < 1.29 is 9.18 Å². The van der Waals surface area contributed by atoms with Gasteiger partial charge in [-0.1, -0.05) is 29.8 Å². The van der Waals surface area contributed by atoms with Gasteiger partial charge in [0.25, 0.3) is 5.91 Å². The number of rotatable bonds is 6. The van der Waals surface area contributed by atoms with Crippen LogP contribution in [0.25, 0.3) is 0 Å². The van der Waals surface area contributed by atoms with Gasteiger partial charge in [0.05, 0.1) is 0 Å². The lowest BCUT2D eigenvalue weighted by Gasteiger charge is -2.09. The highest BCUT2D eigenvalue weighted by atomic mass is 19.1. The van der Waals surface area contributed by atoms with Crippen LogP contribution in [0.1, 0.15) is 27.4 Å². The Morgan fingerprint density at radius 3 is 2.41 bits per heavy atom. The molecule has 3 rings (SSSR count). The zero-order valence-corrected chi connectivity index (χ0v) is 15.3. The number of nitrogens with zero attached hydrogens (tertiary/aromatic N) is 2. The van der Waals surface area contributed by atoms with Crippen molar-refractivity contribution in [3.05, 3.63) is 83.1 Å². The van der Waals surface area contributed by atoms with Crippen molar-refractivity contribution in [2.75, 3.05) is 11.9 Å². The van der Waals surface area contributed by atoms with Gasteiger partial charge in [0.1, 0.15) is 23.2 Å². The van der Waals surface area contributed by atoms with Crippen LogP contribution in [0.2, 0.25) is 0 Å². The summed E-state index contributed by atoms with van der Waals surface area (Å²) in [7, 11) is 0. The van der Waals surface area contributed by atoms with Crippen LogP contribution in [0.3, 0.4) is 0 Å². The molecule has 0 saturated carbocycles. The number of nitrogens with one attached hydrogen (secondary N) is 2. The fourth-order valence-corrected chi connectivity index (χ4v) is 2.59. The molecule has 0 radical (unpaired) electrons. The lowest BCUT2D eigenvalue weighted by Crippen LogP contribution is -2.27. The average Bonchev–Trinajstić information content (AvgIpc) is 2.65. The zero-order chi connectivity index (χ0) is 19.2.